The van der Waals surface area contributed by atoms with E-state index in [4.69, 9.17) is 15.9 Å². The molecule has 33 heavy (non-hydrogen) atoms. The molecule has 1 aliphatic heterocycles. The lowest BCUT2D eigenvalue weighted by Crippen LogP contribution is -2.57. The van der Waals surface area contributed by atoms with Gasteiger partial charge in [0.1, 0.15) is 18.1 Å². The van der Waals surface area contributed by atoms with Crippen molar-refractivity contribution < 1.29 is 44.1 Å². The van der Waals surface area contributed by atoms with Crippen molar-refractivity contribution in [1.82, 2.24) is 15.5 Å². The van der Waals surface area contributed by atoms with Crippen molar-refractivity contribution in [2.45, 2.75) is 76.5 Å². The summed E-state index contributed by atoms with van der Waals surface area (Å²) in [7, 11) is 0. The van der Waals surface area contributed by atoms with E-state index in [1.165, 1.54) is 0 Å². The minimum atomic E-state index is -1.52. The number of carbonyl (C=O) groups excluding carboxylic acids is 3. The van der Waals surface area contributed by atoms with Crippen LogP contribution in [0.25, 0.3) is 0 Å². The summed E-state index contributed by atoms with van der Waals surface area (Å²) < 4.78 is 0. The van der Waals surface area contributed by atoms with Gasteiger partial charge < -0.3 is 36.6 Å². The molecule has 0 saturated carbocycles. The minimum Gasteiger partial charge on any atom is -0.481 e. The topological polar surface area (TPSA) is 216 Å². The second-order valence-electron chi connectivity index (χ2n) is 8.42. The number of nitrogens with zero attached hydrogens (tertiary/aromatic N) is 1. The van der Waals surface area contributed by atoms with Crippen molar-refractivity contribution in [1.29, 1.82) is 0 Å². The lowest BCUT2D eigenvalue weighted by molar-refractivity contribution is -0.147. The molecule has 0 aromatic rings. The van der Waals surface area contributed by atoms with E-state index >= 15 is 0 Å². The molecule has 0 radical (unpaired) electrons. The Balaban J connectivity index is 2.94. The molecular weight excluding hydrogens is 440 g/mol. The number of aliphatic carboxylic acids is 3. The van der Waals surface area contributed by atoms with Gasteiger partial charge in [0.2, 0.25) is 17.7 Å². The average Bonchev–Trinajstić information content (AvgIpc) is 3.19. The highest BCUT2D eigenvalue weighted by Gasteiger charge is 2.39. The molecule has 0 aromatic heterocycles. The highest BCUT2D eigenvalue weighted by Crippen LogP contribution is 2.20. The van der Waals surface area contributed by atoms with E-state index in [-0.39, 0.29) is 38.1 Å². The van der Waals surface area contributed by atoms with E-state index in [0.29, 0.717) is 6.42 Å². The number of hydrogen-bond donors (Lipinski definition) is 6. The fraction of sp³-hybridized carbons (Fsp3) is 0.700. The van der Waals surface area contributed by atoms with Gasteiger partial charge in [0.05, 0.1) is 12.5 Å². The molecule has 1 aliphatic rings. The van der Waals surface area contributed by atoms with Crippen molar-refractivity contribution in [3.63, 3.8) is 0 Å². The molecule has 1 saturated heterocycles. The third-order valence-corrected chi connectivity index (χ3v) is 5.16. The third kappa shape index (κ3) is 9.04. The fourth-order valence-corrected chi connectivity index (χ4v) is 3.53. The second kappa shape index (κ2) is 12.7. The van der Waals surface area contributed by atoms with Crippen LogP contribution < -0.4 is 16.4 Å². The fourth-order valence-electron chi connectivity index (χ4n) is 3.53. The summed E-state index contributed by atoms with van der Waals surface area (Å²) in [5.74, 6) is -6.14. The number of amides is 3. The summed E-state index contributed by atoms with van der Waals surface area (Å²) in [6.45, 7) is 3.72. The van der Waals surface area contributed by atoms with Crippen molar-refractivity contribution in [2.75, 3.05) is 6.54 Å². The Morgan fingerprint density at radius 2 is 1.64 bits per heavy atom. The van der Waals surface area contributed by atoms with Crippen LogP contribution in [0.2, 0.25) is 0 Å². The molecular formula is C20H32N4O9. The Hall–Kier alpha value is -3.22. The molecule has 0 bridgehead atoms. The second-order valence-corrected chi connectivity index (χ2v) is 8.42. The van der Waals surface area contributed by atoms with Crippen LogP contribution in [0.4, 0.5) is 0 Å². The summed E-state index contributed by atoms with van der Waals surface area (Å²) in [5, 5.41) is 31.9. The van der Waals surface area contributed by atoms with Gasteiger partial charge in [0, 0.05) is 13.0 Å². The highest BCUT2D eigenvalue weighted by atomic mass is 16.4. The molecule has 4 unspecified atom stereocenters. The predicted octanol–water partition coefficient (Wildman–Crippen LogP) is -1.26. The molecule has 1 rings (SSSR count). The number of nitrogens with one attached hydrogen (secondary N) is 2. The van der Waals surface area contributed by atoms with Gasteiger partial charge in [-0.1, -0.05) is 13.8 Å². The van der Waals surface area contributed by atoms with Crippen molar-refractivity contribution >= 4 is 35.6 Å². The van der Waals surface area contributed by atoms with Gasteiger partial charge in [0.15, 0.2) is 0 Å². The van der Waals surface area contributed by atoms with E-state index in [2.05, 4.69) is 10.6 Å². The first-order valence-electron chi connectivity index (χ1n) is 10.7. The van der Waals surface area contributed by atoms with Crippen LogP contribution in [0.1, 0.15) is 52.4 Å². The van der Waals surface area contributed by atoms with E-state index in [1.54, 1.807) is 13.8 Å². The molecule has 4 atom stereocenters. The maximum atomic E-state index is 13.0. The number of nitrogens with two attached hydrogens (primary N) is 1. The zero-order valence-electron chi connectivity index (χ0n) is 18.7. The molecule has 7 N–H and O–H groups in total. The van der Waals surface area contributed by atoms with Crippen LogP contribution >= 0.6 is 0 Å². The first kappa shape index (κ1) is 27.8. The van der Waals surface area contributed by atoms with Gasteiger partial charge in [-0.25, -0.2) is 4.79 Å². The zero-order chi connectivity index (χ0) is 25.3. The van der Waals surface area contributed by atoms with E-state index < -0.39 is 66.2 Å². The maximum absolute atomic E-state index is 13.0. The summed E-state index contributed by atoms with van der Waals surface area (Å²) in [4.78, 5) is 72.5. The number of carboxylic acid groups (broad SMARTS) is 3. The van der Waals surface area contributed by atoms with E-state index in [0.717, 1.165) is 4.90 Å². The number of carboxylic acids is 3. The minimum absolute atomic E-state index is 0.00629. The van der Waals surface area contributed by atoms with Crippen molar-refractivity contribution in [3.05, 3.63) is 0 Å². The molecule has 186 valence electrons. The highest BCUT2D eigenvalue weighted by molar-refractivity contribution is 5.96. The predicted molar refractivity (Wildman–Crippen MR) is 113 cm³/mol. The van der Waals surface area contributed by atoms with E-state index in [9.17, 15) is 33.9 Å². The van der Waals surface area contributed by atoms with Gasteiger partial charge in [0.25, 0.3) is 0 Å². The summed E-state index contributed by atoms with van der Waals surface area (Å²) in [6, 6.07) is -4.95. The quantitative estimate of drug-likeness (QED) is 0.187. The Morgan fingerprint density at radius 1 is 1.00 bits per heavy atom. The van der Waals surface area contributed by atoms with Crippen LogP contribution in [0.3, 0.4) is 0 Å². The van der Waals surface area contributed by atoms with Crippen LogP contribution in [0.15, 0.2) is 0 Å². The normalized spacial score (nSPS) is 18.3. The number of hydrogen-bond acceptors (Lipinski definition) is 7. The lowest BCUT2D eigenvalue weighted by Gasteiger charge is -2.29. The van der Waals surface area contributed by atoms with Crippen LogP contribution in [-0.4, -0.2) is 86.6 Å². The Bertz CT molecular complexity index is 771. The number of rotatable bonds is 13. The SMILES string of the molecule is CC(C)CC(NC(=O)C1CCCN1C(=O)C(CC(=O)O)NC(=O)C(N)CCC(=O)O)C(=O)O. The summed E-state index contributed by atoms with van der Waals surface area (Å²) in [5.41, 5.74) is 5.63. The number of carbonyl (C=O) groups is 6. The van der Waals surface area contributed by atoms with Gasteiger partial charge in [-0.15, -0.1) is 0 Å². The molecule has 1 heterocycles. The summed E-state index contributed by atoms with van der Waals surface area (Å²) >= 11 is 0. The Morgan fingerprint density at radius 3 is 2.15 bits per heavy atom. The third-order valence-electron chi connectivity index (χ3n) is 5.16. The maximum Gasteiger partial charge on any atom is 0.326 e. The van der Waals surface area contributed by atoms with Crippen LogP contribution in [0, 0.1) is 5.92 Å². The van der Waals surface area contributed by atoms with E-state index in [1.807, 2.05) is 0 Å². The van der Waals surface area contributed by atoms with Crippen LogP contribution in [0.5, 0.6) is 0 Å². The standard InChI is InChI=1S/C20H32N4O9/c1-10(2)8-13(20(32)33)23-18(30)14-4-3-7-24(14)19(31)12(9-16(27)28)22-17(29)11(21)5-6-15(25)26/h10-14H,3-9,21H2,1-2H3,(H,22,29)(H,23,30)(H,25,26)(H,27,28)(H,32,33). The molecule has 13 nitrogen and oxygen atoms in total. The number of likely N-dealkylation sites (tertiary alicyclic amines) is 1. The Labute approximate surface area is 190 Å². The van der Waals surface area contributed by atoms with Gasteiger partial charge in [-0.3, -0.25) is 24.0 Å². The van der Waals surface area contributed by atoms with Gasteiger partial charge >= 0.3 is 17.9 Å². The van der Waals surface area contributed by atoms with Gasteiger partial charge in [-0.05, 0) is 31.6 Å². The van der Waals surface area contributed by atoms with Crippen molar-refractivity contribution in [2.24, 2.45) is 11.7 Å². The largest absolute Gasteiger partial charge is 0.481 e. The average molecular weight is 472 g/mol. The Kier molecular flexibility index (Phi) is 10.7. The first-order valence-corrected chi connectivity index (χ1v) is 10.7. The smallest absolute Gasteiger partial charge is 0.326 e. The zero-order valence-corrected chi connectivity index (χ0v) is 18.7. The molecule has 0 aliphatic carbocycles. The summed E-state index contributed by atoms with van der Waals surface area (Å²) in [6.07, 6.45) is -0.507. The van der Waals surface area contributed by atoms with Crippen molar-refractivity contribution in [3.8, 4) is 0 Å². The molecule has 1 fully saturated rings. The van der Waals surface area contributed by atoms with Gasteiger partial charge in [-0.2, -0.15) is 0 Å². The van der Waals surface area contributed by atoms with Crippen LogP contribution in [-0.2, 0) is 28.8 Å². The monoisotopic (exact) mass is 472 g/mol. The first-order chi connectivity index (χ1) is 15.3. The molecule has 3 amide bonds. The molecule has 13 heteroatoms. The molecule has 0 aromatic carbocycles. The lowest BCUT2D eigenvalue weighted by atomic mass is 10.0. The molecule has 0 spiro atoms.